The smallest absolute Gasteiger partial charge is 0.160 e. The molecule has 0 spiro atoms. The van der Waals surface area contributed by atoms with Gasteiger partial charge in [0.25, 0.3) is 0 Å². The summed E-state index contributed by atoms with van der Waals surface area (Å²) >= 11 is 1.63. The van der Waals surface area contributed by atoms with Crippen molar-refractivity contribution in [2.75, 3.05) is 0 Å². The molecule has 0 saturated carbocycles. The average Bonchev–Trinajstić information content (AvgIpc) is 2.91. The van der Waals surface area contributed by atoms with Gasteiger partial charge in [0.1, 0.15) is 0 Å². The molecule has 0 bridgehead atoms. The third-order valence-corrected chi connectivity index (χ3v) is 3.76. The summed E-state index contributed by atoms with van der Waals surface area (Å²) in [6.45, 7) is 1.60. The van der Waals surface area contributed by atoms with E-state index in [0.717, 1.165) is 27.0 Å². The molecule has 0 aliphatic heterocycles. The highest BCUT2D eigenvalue weighted by molar-refractivity contribution is 7.13. The van der Waals surface area contributed by atoms with Crippen molar-refractivity contribution < 1.29 is 4.79 Å². The third-order valence-electron chi connectivity index (χ3n) is 2.87. The zero-order valence-electron chi connectivity index (χ0n) is 9.88. The second-order valence-electron chi connectivity index (χ2n) is 4.11. The molecule has 0 unspecified atom stereocenters. The van der Waals surface area contributed by atoms with Crippen LogP contribution < -0.4 is 0 Å². The minimum atomic E-state index is 0.0754. The maximum atomic E-state index is 11.8. The quantitative estimate of drug-likeness (QED) is 0.642. The summed E-state index contributed by atoms with van der Waals surface area (Å²) in [5.74, 6) is 0.0754. The summed E-state index contributed by atoms with van der Waals surface area (Å²) < 4.78 is 0. The summed E-state index contributed by atoms with van der Waals surface area (Å²) in [6.07, 6.45) is 0. The normalized spacial score (nSPS) is 10.7. The summed E-state index contributed by atoms with van der Waals surface area (Å²) in [5, 5.41) is 2.94. The third kappa shape index (κ3) is 1.83. The molecule has 0 radical (unpaired) electrons. The molecule has 0 N–H and O–H groups in total. The van der Waals surface area contributed by atoms with Crippen LogP contribution in [0.3, 0.4) is 0 Å². The lowest BCUT2D eigenvalue weighted by molar-refractivity contribution is 0.101. The van der Waals surface area contributed by atoms with Crippen molar-refractivity contribution in [3.63, 3.8) is 0 Å². The van der Waals surface area contributed by atoms with Gasteiger partial charge in [-0.3, -0.25) is 4.79 Å². The molecule has 1 aromatic carbocycles. The standard InChI is InChI=1S/C15H11NOS/c1-10(17)12-9-14(15-7-4-8-18-15)16-13-6-3-2-5-11(12)13/h2-9H,1H3. The van der Waals surface area contributed by atoms with E-state index in [1.54, 1.807) is 18.3 Å². The van der Waals surface area contributed by atoms with E-state index in [4.69, 9.17) is 0 Å². The fraction of sp³-hybridized carbons (Fsp3) is 0.0667. The van der Waals surface area contributed by atoms with E-state index in [9.17, 15) is 4.79 Å². The summed E-state index contributed by atoms with van der Waals surface area (Å²) in [7, 11) is 0. The molecule has 0 atom stereocenters. The Labute approximate surface area is 109 Å². The second kappa shape index (κ2) is 4.35. The Morgan fingerprint density at radius 2 is 2.00 bits per heavy atom. The number of nitrogens with zero attached hydrogens (tertiary/aromatic N) is 1. The van der Waals surface area contributed by atoms with Gasteiger partial charge in [0.15, 0.2) is 5.78 Å². The zero-order chi connectivity index (χ0) is 12.5. The van der Waals surface area contributed by atoms with Gasteiger partial charge >= 0.3 is 0 Å². The lowest BCUT2D eigenvalue weighted by Crippen LogP contribution is -1.96. The van der Waals surface area contributed by atoms with Gasteiger partial charge in [0.2, 0.25) is 0 Å². The first-order valence-corrected chi connectivity index (χ1v) is 6.58. The predicted octanol–water partition coefficient (Wildman–Crippen LogP) is 4.17. The van der Waals surface area contributed by atoms with E-state index < -0.39 is 0 Å². The number of carbonyl (C=O) groups is 1. The molecule has 2 aromatic heterocycles. The number of pyridine rings is 1. The fourth-order valence-electron chi connectivity index (χ4n) is 2.02. The number of hydrogen-bond donors (Lipinski definition) is 0. The molecule has 0 saturated heterocycles. The Balaban J connectivity index is 2.33. The molecule has 2 heterocycles. The molecule has 0 aliphatic carbocycles. The van der Waals surface area contributed by atoms with Crippen LogP contribution in [0.5, 0.6) is 0 Å². The van der Waals surface area contributed by atoms with Gasteiger partial charge in [0.05, 0.1) is 16.1 Å². The Morgan fingerprint density at radius 1 is 1.17 bits per heavy atom. The van der Waals surface area contributed by atoms with Gasteiger partial charge in [-0.2, -0.15) is 0 Å². The van der Waals surface area contributed by atoms with Crippen molar-refractivity contribution in [3.05, 3.63) is 53.4 Å². The van der Waals surface area contributed by atoms with E-state index in [1.165, 1.54) is 0 Å². The minimum Gasteiger partial charge on any atom is -0.294 e. The minimum absolute atomic E-state index is 0.0754. The molecule has 18 heavy (non-hydrogen) atoms. The van der Waals surface area contributed by atoms with Crippen LogP contribution in [0.4, 0.5) is 0 Å². The number of carbonyl (C=O) groups excluding carboxylic acids is 1. The topological polar surface area (TPSA) is 30.0 Å². The Bertz CT molecular complexity index is 716. The first-order valence-electron chi connectivity index (χ1n) is 5.70. The maximum absolute atomic E-state index is 11.8. The van der Waals surface area contributed by atoms with Crippen LogP contribution in [0.25, 0.3) is 21.5 Å². The van der Waals surface area contributed by atoms with Crippen LogP contribution in [0, 0.1) is 0 Å². The van der Waals surface area contributed by atoms with Gasteiger partial charge in [-0.05, 0) is 30.5 Å². The number of benzene rings is 1. The van der Waals surface area contributed by atoms with Crippen molar-refractivity contribution in [1.82, 2.24) is 4.98 Å². The van der Waals surface area contributed by atoms with Crippen LogP contribution >= 0.6 is 11.3 Å². The Kier molecular flexibility index (Phi) is 2.68. The first-order chi connectivity index (χ1) is 8.75. The number of aromatic nitrogens is 1. The first kappa shape index (κ1) is 11.1. The molecule has 0 fully saturated rings. The molecular weight excluding hydrogens is 242 g/mol. The molecule has 3 aromatic rings. The van der Waals surface area contributed by atoms with E-state index in [-0.39, 0.29) is 5.78 Å². The number of para-hydroxylation sites is 1. The van der Waals surface area contributed by atoms with Gasteiger partial charge in [-0.25, -0.2) is 4.98 Å². The van der Waals surface area contributed by atoms with E-state index >= 15 is 0 Å². The van der Waals surface area contributed by atoms with Gasteiger partial charge < -0.3 is 0 Å². The SMILES string of the molecule is CC(=O)c1cc(-c2cccs2)nc2ccccc12. The second-order valence-corrected chi connectivity index (χ2v) is 5.05. The van der Waals surface area contributed by atoms with Crippen molar-refractivity contribution in [2.45, 2.75) is 6.92 Å². The number of thiophene rings is 1. The van der Waals surface area contributed by atoms with E-state index in [1.807, 2.05) is 47.8 Å². The summed E-state index contributed by atoms with van der Waals surface area (Å²) in [5.41, 5.74) is 2.48. The number of Topliss-reactive ketones (excluding diaryl/α,β-unsaturated/α-hetero) is 1. The Hall–Kier alpha value is -2.00. The lowest BCUT2D eigenvalue weighted by Gasteiger charge is -2.06. The van der Waals surface area contributed by atoms with Crippen LogP contribution in [0.1, 0.15) is 17.3 Å². The van der Waals surface area contributed by atoms with Crippen LogP contribution in [0.2, 0.25) is 0 Å². The molecule has 3 rings (SSSR count). The largest absolute Gasteiger partial charge is 0.294 e. The lowest BCUT2D eigenvalue weighted by atomic mass is 10.0. The highest BCUT2D eigenvalue weighted by Gasteiger charge is 2.10. The summed E-state index contributed by atoms with van der Waals surface area (Å²) in [6, 6.07) is 13.7. The number of hydrogen-bond acceptors (Lipinski definition) is 3. The van der Waals surface area contributed by atoms with Crippen molar-refractivity contribution in [1.29, 1.82) is 0 Å². The predicted molar refractivity (Wildman–Crippen MR) is 75.1 cm³/mol. The molecular formula is C15H11NOS. The van der Waals surface area contributed by atoms with E-state index in [0.29, 0.717) is 0 Å². The average molecular weight is 253 g/mol. The van der Waals surface area contributed by atoms with Crippen molar-refractivity contribution in [2.24, 2.45) is 0 Å². The Morgan fingerprint density at radius 3 is 2.72 bits per heavy atom. The number of rotatable bonds is 2. The molecule has 3 heteroatoms. The highest BCUT2D eigenvalue weighted by Crippen LogP contribution is 2.27. The van der Waals surface area contributed by atoms with Crippen molar-refractivity contribution in [3.8, 4) is 10.6 Å². The highest BCUT2D eigenvalue weighted by atomic mass is 32.1. The number of fused-ring (bicyclic) bond motifs is 1. The monoisotopic (exact) mass is 253 g/mol. The summed E-state index contributed by atoms with van der Waals surface area (Å²) in [4.78, 5) is 17.5. The van der Waals surface area contributed by atoms with Gasteiger partial charge in [-0.15, -0.1) is 11.3 Å². The van der Waals surface area contributed by atoms with Crippen LogP contribution in [-0.4, -0.2) is 10.8 Å². The van der Waals surface area contributed by atoms with Crippen molar-refractivity contribution >= 4 is 28.0 Å². The molecule has 0 amide bonds. The van der Waals surface area contributed by atoms with Gasteiger partial charge in [-0.1, -0.05) is 24.3 Å². The maximum Gasteiger partial charge on any atom is 0.160 e. The van der Waals surface area contributed by atoms with E-state index in [2.05, 4.69) is 4.98 Å². The number of ketones is 1. The van der Waals surface area contributed by atoms with Gasteiger partial charge in [0, 0.05) is 10.9 Å². The molecule has 0 aliphatic rings. The zero-order valence-corrected chi connectivity index (χ0v) is 10.7. The fourth-order valence-corrected chi connectivity index (χ4v) is 2.70. The van der Waals surface area contributed by atoms with Crippen LogP contribution in [0.15, 0.2) is 47.8 Å². The molecule has 2 nitrogen and oxygen atoms in total. The molecule has 88 valence electrons. The van der Waals surface area contributed by atoms with Crippen LogP contribution in [-0.2, 0) is 0 Å².